The number of thiophene rings is 1. The summed E-state index contributed by atoms with van der Waals surface area (Å²) < 4.78 is 29.7. The van der Waals surface area contributed by atoms with E-state index in [2.05, 4.69) is 31.9 Å². The van der Waals surface area contributed by atoms with Gasteiger partial charge in [0.05, 0.1) is 3.79 Å². The highest BCUT2D eigenvalue weighted by atomic mass is 79.9. The standard InChI is InChI=1S/C14H19BrN4O2S2/c1-11-16-14(10-17(11)2)23(20,21)19-7-5-18(6-8-19)9-12-3-4-13(15)22-12/h3-4,10H,5-9H2,1-2H3. The fraction of sp³-hybridized carbons (Fsp3) is 0.500. The number of hydrogen-bond donors (Lipinski definition) is 0. The summed E-state index contributed by atoms with van der Waals surface area (Å²) in [4.78, 5) is 7.73. The van der Waals surface area contributed by atoms with E-state index in [0.717, 1.165) is 23.4 Å². The van der Waals surface area contributed by atoms with E-state index in [-0.39, 0.29) is 5.03 Å². The van der Waals surface area contributed by atoms with E-state index in [1.165, 1.54) is 9.18 Å². The molecule has 1 aliphatic rings. The molecule has 0 spiro atoms. The third-order valence-corrected chi connectivity index (χ3v) is 7.41. The Kier molecular flexibility index (Phi) is 4.93. The second-order valence-electron chi connectivity index (χ2n) is 5.62. The molecule has 3 heterocycles. The van der Waals surface area contributed by atoms with E-state index < -0.39 is 10.0 Å². The fourth-order valence-corrected chi connectivity index (χ4v) is 5.54. The van der Waals surface area contributed by atoms with Crippen LogP contribution in [-0.2, 0) is 23.6 Å². The van der Waals surface area contributed by atoms with Gasteiger partial charge in [0.2, 0.25) is 0 Å². The molecule has 6 nitrogen and oxygen atoms in total. The third kappa shape index (κ3) is 3.69. The number of imidazole rings is 1. The lowest BCUT2D eigenvalue weighted by atomic mass is 10.3. The van der Waals surface area contributed by atoms with E-state index in [0.29, 0.717) is 18.9 Å². The number of sulfonamides is 1. The zero-order chi connectivity index (χ0) is 16.6. The van der Waals surface area contributed by atoms with Crippen LogP contribution in [-0.4, -0.2) is 53.4 Å². The summed E-state index contributed by atoms with van der Waals surface area (Å²) in [6.45, 7) is 5.15. The average molecular weight is 419 g/mol. The van der Waals surface area contributed by atoms with E-state index in [9.17, 15) is 8.42 Å². The summed E-state index contributed by atoms with van der Waals surface area (Å²) in [7, 11) is -1.68. The van der Waals surface area contributed by atoms with Gasteiger partial charge in [-0.1, -0.05) is 0 Å². The largest absolute Gasteiger partial charge is 0.337 e. The van der Waals surface area contributed by atoms with Gasteiger partial charge in [0.15, 0.2) is 5.03 Å². The molecule has 126 valence electrons. The van der Waals surface area contributed by atoms with Crippen molar-refractivity contribution >= 4 is 37.3 Å². The van der Waals surface area contributed by atoms with Gasteiger partial charge in [-0.25, -0.2) is 13.4 Å². The van der Waals surface area contributed by atoms with Crippen molar-refractivity contribution in [2.75, 3.05) is 26.2 Å². The van der Waals surface area contributed by atoms with Crippen molar-refractivity contribution in [1.82, 2.24) is 18.8 Å². The van der Waals surface area contributed by atoms with Gasteiger partial charge in [-0.15, -0.1) is 11.3 Å². The summed E-state index contributed by atoms with van der Waals surface area (Å²) in [6.07, 6.45) is 1.58. The van der Waals surface area contributed by atoms with Crippen molar-refractivity contribution in [3.63, 3.8) is 0 Å². The Morgan fingerprint density at radius 2 is 1.96 bits per heavy atom. The predicted molar refractivity (Wildman–Crippen MR) is 94.0 cm³/mol. The number of piperazine rings is 1. The van der Waals surface area contributed by atoms with Gasteiger partial charge < -0.3 is 4.57 Å². The van der Waals surface area contributed by atoms with E-state index >= 15 is 0 Å². The van der Waals surface area contributed by atoms with Crippen LogP contribution >= 0.6 is 27.3 Å². The minimum atomic E-state index is -3.49. The lowest BCUT2D eigenvalue weighted by Crippen LogP contribution is -2.48. The van der Waals surface area contributed by atoms with Crippen LogP contribution in [0.4, 0.5) is 0 Å². The Morgan fingerprint density at radius 3 is 2.48 bits per heavy atom. The number of aryl methyl sites for hydroxylation is 2. The molecule has 0 radical (unpaired) electrons. The first-order valence-corrected chi connectivity index (χ1v) is 10.4. The maximum atomic E-state index is 12.6. The summed E-state index contributed by atoms with van der Waals surface area (Å²) in [6, 6.07) is 4.15. The summed E-state index contributed by atoms with van der Waals surface area (Å²) in [5.74, 6) is 0.700. The molecule has 0 saturated carbocycles. The number of nitrogens with zero attached hydrogens (tertiary/aromatic N) is 4. The second-order valence-corrected chi connectivity index (χ2v) is 10.1. The van der Waals surface area contributed by atoms with Crippen molar-refractivity contribution in [3.8, 4) is 0 Å². The Bertz CT molecular complexity index is 772. The molecule has 1 fully saturated rings. The maximum Gasteiger partial charge on any atom is 0.262 e. The number of halogens is 1. The Labute approximate surface area is 148 Å². The molecule has 3 rings (SSSR count). The fourth-order valence-electron chi connectivity index (χ4n) is 2.57. The first-order valence-electron chi connectivity index (χ1n) is 7.33. The van der Waals surface area contributed by atoms with Crippen molar-refractivity contribution < 1.29 is 8.42 Å². The summed E-state index contributed by atoms with van der Waals surface area (Å²) in [5, 5.41) is 0.146. The van der Waals surface area contributed by atoms with Gasteiger partial charge in [-0.05, 0) is 35.0 Å². The zero-order valence-electron chi connectivity index (χ0n) is 13.1. The highest BCUT2D eigenvalue weighted by Gasteiger charge is 2.30. The first-order chi connectivity index (χ1) is 10.9. The van der Waals surface area contributed by atoms with Crippen LogP contribution in [0.2, 0.25) is 0 Å². The minimum Gasteiger partial charge on any atom is -0.337 e. The highest BCUT2D eigenvalue weighted by molar-refractivity contribution is 9.11. The number of aromatic nitrogens is 2. The normalized spacial score (nSPS) is 17.7. The number of hydrogen-bond acceptors (Lipinski definition) is 5. The maximum absolute atomic E-state index is 12.6. The molecule has 0 N–H and O–H groups in total. The van der Waals surface area contributed by atoms with Crippen molar-refractivity contribution in [3.05, 3.63) is 32.8 Å². The summed E-state index contributed by atoms with van der Waals surface area (Å²) >= 11 is 5.19. The van der Waals surface area contributed by atoms with E-state index in [4.69, 9.17) is 0 Å². The SMILES string of the molecule is Cc1nc(S(=O)(=O)N2CCN(Cc3ccc(Br)s3)CC2)cn1C. The van der Waals surface area contributed by atoms with E-state index in [1.54, 1.807) is 36.1 Å². The molecule has 0 aromatic carbocycles. The van der Waals surface area contributed by atoms with Gasteiger partial charge in [-0.3, -0.25) is 4.90 Å². The Hall–Kier alpha value is -0.740. The lowest BCUT2D eigenvalue weighted by molar-refractivity contribution is 0.182. The van der Waals surface area contributed by atoms with Crippen LogP contribution < -0.4 is 0 Å². The van der Waals surface area contributed by atoms with Gasteiger partial charge in [0, 0.05) is 50.8 Å². The van der Waals surface area contributed by atoms with Gasteiger partial charge in [-0.2, -0.15) is 4.31 Å². The molecule has 0 unspecified atom stereocenters. The molecule has 9 heteroatoms. The van der Waals surface area contributed by atoms with Crippen LogP contribution in [0.3, 0.4) is 0 Å². The van der Waals surface area contributed by atoms with Gasteiger partial charge in [0.25, 0.3) is 10.0 Å². The van der Waals surface area contributed by atoms with Crippen molar-refractivity contribution in [1.29, 1.82) is 0 Å². The minimum absolute atomic E-state index is 0.146. The van der Waals surface area contributed by atoms with Crippen molar-refractivity contribution in [2.45, 2.75) is 18.5 Å². The lowest BCUT2D eigenvalue weighted by Gasteiger charge is -2.33. The first kappa shape index (κ1) is 17.1. The highest BCUT2D eigenvalue weighted by Crippen LogP contribution is 2.24. The monoisotopic (exact) mass is 418 g/mol. The molecule has 1 saturated heterocycles. The molecule has 2 aromatic heterocycles. The van der Waals surface area contributed by atoms with Crippen LogP contribution in [0.1, 0.15) is 10.7 Å². The Balaban J connectivity index is 1.64. The molecule has 1 aliphatic heterocycles. The van der Waals surface area contributed by atoms with Crippen LogP contribution in [0.15, 0.2) is 27.1 Å². The van der Waals surface area contributed by atoms with E-state index in [1.807, 2.05) is 6.07 Å². The summed E-state index contributed by atoms with van der Waals surface area (Å²) in [5.41, 5.74) is 0. The second kappa shape index (κ2) is 6.64. The van der Waals surface area contributed by atoms with Gasteiger partial charge in [0.1, 0.15) is 5.82 Å². The molecule has 2 aromatic rings. The molecular formula is C14H19BrN4O2S2. The number of rotatable bonds is 4. The third-order valence-electron chi connectivity index (χ3n) is 4.03. The molecule has 0 bridgehead atoms. The quantitative estimate of drug-likeness (QED) is 0.762. The average Bonchev–Trinajstić information content (AvgIpc) is 3.06. The molecule has 0 atom stereocenters. The molecular weight excluding hydrogens is 400 g/mol. The topological polar surface area (TPSA) is 58.4 Å². The Morgan fingerprint density at radius 1 is 1.26 bits per heavy atom. The van der Waals surface area contributed by atoms with Crippen LogP contribution in [0.25, 0.3) is 0 Å². The zero-order valence-corrected chi connectivity index (χ0v) is 16.3. The van der Waals surface area contributed by atoms with Crippen LogP contribution in [0, 0.1) is 6.92 Å². The molecule has 23 heavy (non-hydrogen) atoms. The smallest absolute Gasteiger partial charge is 0.262 e. The molecule has 0 amide bonds. The van der Waals surface area contributed by atoms with Crippen LogP contribution in [0.5, 0.6) is 0 Å². The van der Waals surface area contributed by atoms with Crippen molar-refractivity contribution in [2.24, 2.45) is 7.05 Å². The predicted octanol–water partition coefficient (Wildman–Crippen LogP) is 2.06. The van der Waals surface area contributed by atoms with Gasteiger partial charge >= 0.3 is 0 Å². The molecule has 0 aliphatic carbocycles.